The van der Waals surface area contributed by atoms with Gasteiger partial charge in [-0.15, -0.1) is 0 Å². The number of nitrogens with zero attached hydrogens (tertiary/aromatic N) is 4. The van der Waals surface area contributed by atoms with Gasteiger partial charge in [0.2, 0.25) is 5.91 Å². The van der Waals surface area contributed by atoms with Crippen LogP contribution in [0.1, 0.15) is 17.7 Å². The van der Waals surface area contributed by atoms with Crippen molar-refractivity contribution in [2.75, 3.05) is 5.32 Å². The molecule has 3 rings (SSSR count). The number of rotatable bonds is 6. The second-order valence-electron chi connectivity index (χ2n) is 5.53. The van der Waals surface area contributed by atoms with Crippen LogP contribution in [0.15, 0.2) is 48.8 Å². The lowest BCUT2D eigenvalue weighted by Gasteiger charge is -2.09. The van der Waals surface area contributed by atoms with Gasteiger partial charge in [-0.1, -0.05) is 41.9 Å². The lowest BCUT2D eigenvalue weighted by atomic mass is 10.2. The predicted molar refractivity (Wildman–Crippen MR) is 93.0 cm³/mol. The molecule has 0 atom stereocenters. The van der Waals surface area contributed by atoms with Crippen molar-refractivity contribution in [2.45, 2.75) is 26.4 Å². The third-order valence-electron chi connectivity index (χ3n) is 3.51. The number of carbonyl (C=O) groups excluding carboxylic acids is 1. The van der Waals surface area contributed by atoms with Gasteiger partial charge in [0.25, 0.3) is 0 Å². The number of carbonyl (C=O) groups is 1. The van der Waals surface area contributed by atoms with Crippen LogP contribution in [0, 0.1) is 6.92 Å². The van der Waals surface area contributed by atoms with Gasteiger partial charge >= 0.3 is 0 Å². The molecule has 0 spiro atoms. The molecule has 0 aliphatic carbocycles. The summed E-state index contributed by atoms with van der Waals surface area (Å²) in [6.45, 7) is 2.99. The second-order valence-corrected chi connectivity index (χ2v) is 5.97. The Morgan fingerprint density at radius 2 is 2.08 bits per heavy atom. The maximum atomic E-state index is 12.2. The average Bonchev–Trinajstić information content (AvgIpc) is 3.12. The minimum absolute atomic E-state index is 0.0872. The zero-order valence-electron chi connectivity index (χ0n) is 13.3. The maximum absolute atomic E-state index is 12.2. The highest BCUT2D eigenvalue weighted by atomic mass is 35.5. The molecule has 7 heteroatoms. The van der Waals surface area contributed by atoms with Crippen molar-refractivity contribution in [2.24, 2.45) is 0 Å². The molecule has 0 saturated heterocycles. The standard InChI is InChI=1S/C17H18ClN5O/c1-13-9-16(23(21-13)11-14-5-3-2-4-6-14)20-17(24)7-8-22-12-15(18)10-19-22/h2-6,9-10,12H,7-8,11H2,1H3,(H,20,24). The van der Waals surface area contributed by atoms with Gasteiger partial charge in [0, 0.05) is 25.2 Å². The van der Waals surface area contributed by atoms with E-state index in [1.54, 1.807) is 21.8 Å². The molecule has 6 nitrogen and oxygen atoms in total. The highest BCUT2D eigenvalue weighted by molar-refractivity contribution is 6.30. The quantitative estimate of drug-likeness (QED) is 0.748. The van der Waals surface area contributed by atoms with Crippen LogP contribution in [0.25, 0.3) is 0 Å². The summed E-state index contributed by atoms with van der Waals surface area (Å²) in [5, 5.41) is 12.0. The Morgan fingerprint density at radius 1 is 1.29 bits per heavy atom. The summed E-state index contributed by atoms with van der Waals surface area (Å²) >= 11 is 5.81. The van der Waals surface area contributed by atoms with Crippen molar-refractivity contribution in [1.82, 2.24) is 19.6 Å². The monoisotopic (exact) mass is 343 g/mol. The van der Waals surface area contributed by atoms with E-state index in [4.69, 9.17) is 11.6 Å². The smallest absolute Gasteiger partial charge is 0.227 e. The van der Waals surface area contributed by atoms with Crippen LogP contribution >= 0.6 is 11.6 Å². The van der Waals surface area contributed by atoms with Crippen LogP contribution in [-0.4, -0.2) is 25.5 Å². The first-order valence-electron chi connectivity index (χ1n) is 7.66. The Kier molecular flexibility index (Phi) is 4.96. The summed E-state index contributed by atoms with van der Waals surface area (Å²) in [6.07, 6.45) is 3.56. The molecule has 0 aliphatic rings. The normalized spacial score (nSPS) is 10.8. The molecule has 1 aromatic carbocycles. The molecule has 0 bridgehead atoms. The van der Waals surface area contributed by atoms with Gasteiger partial charge in [-0.3, -0.25) is 9.48 Å². The first-order valence-corrected chi connectivity index (χ1v) is 8.04. The summed E-state index contributed by atoms with van der Waals surface area (Å²) in [5.41, 5.74) is 1.99. The molecule has 0 unspecified atom stereocenters. The lowest BCUT2D eigenvalue weighted by Crippen LogP contribution is -2.18. The van der Waals surface area contributed by atoms with Gasteiger partial charge in [0.05, 0.1) is 23.5 Å². The van der Waals surface area contributed by atoms with Crippen LogP contribution in [0.5, 0.6) is 0 Å². The maximum Gasteiger partial charge on any atom is 0.227 e. The molecule has 2 aromatic heterocycles. The van der Waals surface area contributed by atoms with E-state index in [1.807, 2.05) is 43.3 Å². The Hall–Kier alpha value is -2.60. The van der Waals surface area contributed by atoms with E-state index >= 15 is 0 Å². The van der Waals surface area contributed by atoms with E-state index in [1.165, 1.54) is 0 Å². The van der Waals surface area contributed by atoms with E-state index < -0.39 is 0 Å². The van der Waals surface area contributed by atoms with Crippen molar-refractivity contribution < 1.29 is 4.79 Å². The van der Waals surface area contributed by atoms with Gasteiger partial charge in [0.1, 0.15) is 5.82 Å². The summed E-state index contributed by atoms with van der Waals surface area (Å²) in [6, 6.07) is 11.9. The molecule has 124 valence electrons. The second kappa shape index (κ2) is 7.31. The molecular weight excluding hydrogens is 326 g/mol. The molecule has 1 N–H and O–H groups in total. The van der Waals surface area contributed by atoms with E-state index in [2.05, 4.69) is 15.5 Å². The van der Waals surface area contributed by atoms with Crippen molar-refractivity contribution in [3.05, 3.63) is 65.1 Å². The minimum atomic E-state index is -0.0872. The molecule has 0 saturated carbocycles. The highest BCUT2D eigenvalue weighted by Gasteiger charge is 2.10. The number of nitrogens with one attached hydrogen (secondary N) is 1. The zero-order chi connectivity index (χ0) is 16.9. The average molecular weight is 344 g/mol. The van der Waals surface area contributed by atoms with Gasteiger partial charge in [-0.05, 0) is 12.5 Å². The molecule has 1 amide bonds. The topological polar surface area (TPSA) is 64.7 Å². The van der Waals surface area contributed by atoms with E-state index in [9.17, 15) is 4.79 Å². The number of hydrogen-bond acceptors (Lipinski definition) is 3. The Bertz CT molecular complexity index is 825. The van der Waals surface area contributed by atoms with Crippen LogP contribution in [0.3, 0.4) is 0 Å². The van der Waals surface area contributed by atoms with E-state index in [-0.39, 0.29) is 5.91 Å². The number of hydrogen-bond donors (Lipinski definition) is 1. The zero-order valence-corrected chi connectivity index (χ0v) is 14.1. The van der Waals surface area contributed by atoms with Gasteiger partial charge in [-0.2, -0.15) is 10.2 Å². The first kappa shape index (κ1) is 16.3. The molecule has 2 heterocycles. The van der Waals surface area contributed by atoms with Crippen LogP contribution in [-0.2, 0) is 17.9 Å². The largest absolute Gasteiger partial charge is 0.311 e. The Labute approximate surface area is 145 Å². The summed E-state index contributed by atoms with van der Waals surface area (Å²) < 4.78 is 3.45. The number of benzene rings is 1. The molecular formula is C17H18ClN5O. The molecule has 0 aliphatic heterocycles. The highest BCUT2D eigenvalue weighted by Crippen LogP contribution is 2.13. The van der Waals surface area contributed by atoms with E-state index in [0.717, 1.165) is 11.3 Å². The molecule has 3 aromatic rings. The Balaban J connectivity index is 1.63. The number of anilines is 1. The van der Waals surface area contributed by atoms with Gasteiger partial charge < -0.3 is 5.32 Å². The van der Waals surface area contributed by atoms with Gasteiger partial charge in [-0.25, -0.2) is 4.68 Å². The Morgan fingerprint density at radius 3 is 2.79 bits per heavy atom. The summed E-state index contributed by atoms with van der Waals surface area (Å²) in [7, 11) is 0. The molecule has 24 heavy (non-hydrogen) atoms. The molecule has 0 fully saturated rings. The summed E-state index contributed by atoms with van der Waals surface area (Å²) in [5.74, 6) is 0.607. The van der Waals surface area contributed by atoms with Gasteiger partial charge in [0.15, 0.2) is 0 Å². The molecule has 0 radical (unpaired) electrons. The van der Waals surface area contributed by atoms with E-state index in [0.29, 0.717) is 30.4 Å². The lowest BCUT2D eigenvalue weighted by molar-refractivity contribution is -0.116. The number of halogens is 1. The number of aromatic nitrogens is 4. The fraction of sp³-hybridized carbons (Fsp3) is 0.235. The van der Waals surface area contributed by atoms with Crippen LogP contribution in [0.4, 0.5) is 5.82 Å². The minimum Gasteiger partial charge on any atom is -0.311 e. The summed E-state index contributed by atoms with van der Waals surface area (Å²) in [4.78, 5) is 12.2. The fourth-order valence-electron chi connectivity index (χ4n) is 2.41. The number of amides is 1. The third kappa shape index (κ3) is 4.23. The van der Waals surface area contributed by atoms with Crippen LogP contribution in [0.2, 0.25) is 5.02 Å². The first-order chi connectivity index (χ1) is 11.6. The van der Waals surface area contributed by atoms with Crippen molar-refractivity contribution in [1.29, 1.82) is 0 Å². The van der Waals surface area contributed by atoms with Crippen LogP contribution < -0.4 is 5.32 Å². The predicted octanol–water partition coefficient (Wildman–Crippen LogP) is 3.12. The number of aryl methyl sites for hydroxylation is 2. The third-order valence-corrected chi connectivity index (χ3v) is 3.71. The van der Waals surface area contributed by atoms with Crippen molar-refractivity contribution >= 4 is 23.3 Å². The van der Waals surface area contributed by atoms with Crippen molar-refractivity contribution in [3.8, 4) is 0 Å². The SMILES string of the molecule is Cc1cc(NC(=O)CCn2cc(Cl)cn2)n(Cc2ccccc2)n1. The van der Waals surface area contributed by atoms with Crippen molar-refractivity contribution in [3.63, 3.8) is 0 Å². The fourth-order valence-corrected chi connectivity index (χ4v) is 2.56.